The smallest absolute Gasteiger partial charge is 0.266 e. The summed E-state index contributed by atoms with van der Waals surface area (Å²) < 4.78 is 30.5. The second-order valence-electron chi connectivity index (χ2n) is 12.7. The molecule has 202 valence electrons. The lowest BCUT2D eigenvalue weighted by atomic mass is 9.43. The first-order valence-electron chi connectivity index (χ1n) is 13.5. The van der Waals surface area contributed by atoms with Crippen LogP contribution in [0, 0.1) is 46.3 Å². The van der Waals surface area contributed by atoms with Gasteiger partial charge in [-0.2, -0.15) is 8.42 Å². The number of hydrogen-bond acceptors (Lipinski definition) is 6. The summed E-state index contributed by atoms with van der Waals surface area (Å²) in [6, 6.07) is 0. The monoisotopic (exact) mass is 515 g/mol. The zero-order valence-electron chi connectivity index (χ0n) is 21.4. The van der Waals surface area contributed by atoms with Gasteiger partial charge in [-0.3, -0.25) is 9.35 Å². The zero-order valence-corrected chi connectivity index (χ0v) is 22.2. The van der Waals surface area contributed by atoms with Gasteiger partial charge >= 0.3 is 0 Å². The molecule has 9 heteroatoms. The van der Waals surface area contributed by atoms with Crippen molar-refractivity contribution in [1.82, 2.24) is 5.32 Å². The van der Waals surface area contributed by atoms with Crippen molar-refractivity contribution < 1.29 is 33.1 Å². The molecular formula is C26H45NO7S. The van der Waals surface area contributed by atoms with Crippen LogP contribution in [0.25, 0.3) is 0 Å². The molecule has 11 atom stereocenters. The Balaban J connectivity index is 1.43. The van der Waals surface area contributed by atoms with Crippen molar-refractivity contribution >= 4 is 16.0 Å². The van der Waals surface area contributed by atoms with Gasteiger partial charge in [-0.15, -0.1) is 0 Å². The minimum Gasteiger partial charge on any atom is -0.393 e. The van der Waals surface area contributed by atoms with E-state index in [9.17, 15) is 28.5 Å². The van der Waals surface area contributed by atoms with Crippen LogP contribution in [0.15, 0.2) is 0 Å². The van der Waals surface area contributed by atoms with Gasteiger partial charge < -0.3 is 20.6 Å². The van der Waals surface area contributed by atoms with Gasteiger partial charge in [0.1, 0.15) is 0 Å². The van der Waals surface area contributed by atoms with Crippen LogP contribution in [0.4, 0.5) is 0 Å². The highest BCUT2D eigenvalue weighted by molar-refractivity contribution is 7.85. The largest absolute Gasteiger partial charge is 0.393 e. The Hall–Kier alpha value is -0.740. The van der Waals surface area contributed by atoms with Gasteiger partial charge in [0.25, 0.3) is 10.1 Å². The summed E-state index contributed by atoms with van der Waals surface area (Å²) in [5.74, 6) is 0.705. The van der Waals surface area contributed by atoms with Crippen molar-refractivity contribution in [3.63, 3.8) is 0 Å². The van der Waals surface area contributed by atoms with Crippen LogP contribution in [-0.4, -0.2) is 64.8 Å². The maximum atomic E-state index is 12.2. The minimum atomic E-state index is -4.10. The van der Waals surface area contributed by atoms with Crippen LogP contribution in [0.3, 0.4) is 0 Å². The number of carbonyl (C=O) groups is 1. The summed E-state index contributed by atoms with van der Waals surface area (Å²) in [4.78, 5) is 12.2. The standard InChI is InChI=1S/C26H45NO7S/c1-15(4-7-23(31)27-10-11-35(32,33)34)18-5-6-19-24-20(14-22(30)26(18,19)3)25(2)9-8-17(28)12-16(25)13-21(24)29/h15-22,24,28-30H,4-14H2,1-3H3,(H,27,31)(H,32,33,34)/t15-,16?,17-,18?,19?,20?,21?,22+,24?,25+,26-/m1/s1. The van der Waals surface area contributed by atoms with E-state index in [-0.39, 0.29) is 65.4 Å². The molecule has 0 aliphatic heterocycles. The molecule has 0 spiro atoms. The highest BCUT2D eigenvalue weighted by Gasteiger charge is 2.65. The van der Waals surface area contributed by atoms with Crippen LogP contribution >= 0.6 is 0 Å². The summed E-state index contributed by atoms with van der Waals surface area (Å²) in [6.45, 7) is 6.56. The SMILES string of the molecule is C[C@H](CCC(=O)NCCS(=O)(=O)O)C1CCC2C3C(O)CC4C[C@H](O)CC[C@]4(C)C3C[C@H](O)[C@@]21C. The number of rotatable bonds is 7. The van der Waals surface area contributed by atoms with E-state index < -0.39 is 28.1 Å². The molecule has 6 unspecified atom stereocenters. The number of nitrogens with one attached hydrogen (secondary N) is 1. The van der Waals surface area contributed by atoms with Gasteiger partial charge in [-0.05, 0) is 97.7 Å². The Labute approximate surface area is 210 Å². The molecule has 4 aliphatic carbocycles. The fraction of sp³-hybridized carbons (Fsp3) is 0.962. The predicted octanol–water partition coefficient (Wildman–Crippen LogP) is 2.37. The van der Waals surface area contributed by atoms with Crippen molar-refractivity contribution in [3.8, 4) is 0 Å². The summed E-state index contributed by atoms with van der Waals surface area (Å²) in [5.41, 5.74) is -0.254. The molecule has 0 aromatic rings. The molecule has 0 aromatic heterocycles. The van der Waals surface area contributed by atoms with E-state index in [1.165, 1.54) is 0 Å². The van der Waals surface area contributed by atoms with E-state index in [2.05, 4.69) is 26.1 Å². The molecule has 0 aromatic carbocycles. The third-order valence-corrected chi connectivity index (χ3v) is 11.7. The normalized spacial score (nSPS) is 46.3. The Morgan fingerprint density at radius 1 is 1.06 bits per heavy atom. The second kappa shape index (κ2) is 9.86. The lowest BCUT2D eigenvalue weighted by Gasteiger charge is -2.63. The average molecular weight is 516 g/mol. The Morgan fingerprint density at radius 3 is 2.46 bits per heavy atom. The topological polar surface area (TPSA) is 144 Å². The minimum absolute atomic E-state index is 0.0509. The molecule has 0 saturated heterocycles. The van der Waals surface area contributed by atoms with Crippen LogP contribution in [0.5, 0.6) is 0 Å². The highest BCUT2D eigenvalue weighted by Crippen LogP contribution is 2.68. The van der Waals surface area contributed by atoms with E-state index in [1.807, 2.05) is 0 Å². The molecular weight excluding hydrogens is 470 g/mol. The maximum absolute atomic E-state index is 12.2. The first-order valence-corrected chi connectivity index (χ1v) is 15.1. The molecule has 5 N–H and O–H groups in total. The number of hydrogen-bond donors (Lipinski definition) is 5. The lowest BCUT2D eigenvalue weighted by molar-refractivity contribution is -0.207. The van der Waals surface area contributed by atoms with Crippen molar-refractivity contribution in [2.24, 2.45) is 46.3 Å². The van der Waals surface area contributed by atoms with Gasteiger partial charge in [0.15, 0.2) is 0 Å². The van der Waals surface area contributed by atoms with Gasteiger partial charge in [0.2, 0.25) is 5.91 Å². The Kier molecular flexibility index (Phi) is 7.69. The number of carbonyl (C=O) groups excluding carboxylic acids is 1. The molecule has 35 heavy (non-hydrogen) atoms. The number of fused-ring (bicyclic) bond motifs is 5. The number of aliphatic hydroxyl groups excluding tert-OH is 3. The molecule has 4 fully saturated rings. The lowest BCUT2D eigenvalue weighted by Crippen LogP contribution is -2.62. The molecule has 0 bridgehead atoms. The van der Waals surface area contributed by atoms with Gasteiger partial charge in [-0.1, -0.05) is 20.8 Å². The molecule has 1 amide bonds. The zero-order chi connectivity index (χ0) is 25.8. The summed E-state index contributed by atoms with van der Waals surface area (Å²) >= 11 is 0. The third kappa shape index (κ3) is 5.05. The van der Waals surface area contributed by atoms with Crippen LogP contribution in [0.1, 0.15) is 78.6 Å². The van der Waals surface area contributed by atoms with Crippen LogP contribution in [-0.2, 0) is 14.9 Å². The molecule has 8 nitrogen and oxygen atoms in total. The number of aliphatic hydroxyl groups is 3. The summed E-state index contributed by atoms with van der Waals surface area (Å²) in [7, 11) is -4.10. The first-order chi connectivity index (χ1) is 16.3. The fourth-order valence-electron chi connectivity index (χ4n) is 9.10. The van der Waals surface area contributed by atoms with E-state index in [4.69, 9.17) is 4.55 Å². The molecule has 4 saturated carbocycles. The molecule has 4 rings (SSSR count). The van der Waals surface area contributed by atoms with E-state index in [0.717, 1.165) is 38.5 Å². The van der Waals surface area contributed by atoms with Crippen molar-refractivity contribution in [2.45, 2.75) is 96.9 Å². The van der Waals surface area contributed by atoms with Crippen LogP contribution < -0.4 is 5.32 Å². The van der Waals surface area contributed by atoms with Gasteiger partial charge in [-0.25, -0.2) is 0 Å². The predicted molar refractivity (Wildman–Crippen MR) is 132 cm³/mol. The van der Waals surface area contributed by atoms with Crippen LogP contribution in [0.2, 0.25) is 0 Å². The quantitative estimate of drug-likeness (QED) is 0.327. The van der Waals surface area contributed by atoms with Crippen molar-refractivity contribution in [3.05, 3.63) is 0 Å². The van der Waals surface area contributed by atoms with E-state index in [0.29, 0.717) is 18.8 Å². The Morgan fingerprint density at radius 2 is 1.77 bits per heavy atom. The molecule has 4 aliphatic rings. The molecule has 0 radical (unpaired) electrons. The van der Waals surface area contributed by atoms with Crippen molar-refractivity contribution in [2.75, 3.05) is 12.3 Å². The van der Waals surface area contributed by atoms with Gasteiger partial charge in [0.05, 0.1) is 24.1 Å². The van der Waals surface area contributed by atoms with E-state index >= 15 is 0 Å². The average Bonchev–Trinajstić information content (AvgIpc) is 3.12. The molecule has 0 heterocycles. The maximum Gasteiger partial charge on any atom is 0.266 e. The second-order valence-corrected chi connectivity index (χ2v) is 14.2. The third-order valence-electron chi connectivity index (χ3n) is 11.0. The highest BCUT2D eigenvalue weighted by atomic mass is 32.2. The van der Waals surface area contributed by atoms with E-state index in [1.54, 1.807) is 0 Å². The first kappa shape index (κ1) is 27.3. The summed E-state index contributed by atoms with van der Waals surface area (Å²) in [5, 5.41) is 35.8. The number of amides is 1. The fourth-order valence-corrected chi connectivity index (χ4v) is 9.46. The van der Waals surface area contributed by atoms with Gasteiger partial charge in [0, 0.05) is 13.0 Å². The van der Waals surface area contributed by atoms with Crippen molar-refractivity contribution in [1.29, 1.82) is 0 Å². The Bertz CT molecular complexity index is 896. The summed E-state index contributed by atoms with van der Waals surface area (Å²) in [6.07, 6.45) is 5.67.